The van der Waals surface area contributed by atoms with Crippen LogP contribution in [-0.4, -0.2) is 25.2 Å². The molecule has 2 aromatic carbocycles. The Hall–Kier alpha value is -3.22. The van der Waals surface area contributed by atoms with Crippen LogP contribution in [0.3, 0.4) is 0 Å². The van der Waals surface area contributed by atoms with Crippen LogP contribution >= 0.6 is 0 Å². The van der Waals surface area contributed by atoms with E-state index in [1.54, 1.807) is 0 Å². The molecule has 158 valence electrons. The Balaban J connectivity index is 1.35. The maximum absolute atomic E-state index is 12.2. The van der Waals surface area contributed by atoms with Gasteiger partial charge in [-0.25, -0.2) is 4.99 Å². The number of rotatable bonds is 7. The summed E-state index contributed by atoms with van der Waals surface area (Å²) >= 11 is 0. The molecule has 2 aliphatic rings. The maximum Gasteiger partial charge on any atom is 0.231 e. The van der Waals surface area contributed by atoms with Crippen LogP contribution in [0.2, 0.25) is 0 Å². The van der Waals surface area contributed by atoms with Gasteiger partial charge in [0.05, 0.1) is 6.54 Å². The first-order chi connectivity index (χ1) is 14.7. The van der Waals surface area contributed by atoms with Gasteiger partial charge in [0.1, 0.15) is 0 Å². The van der Waals surface area contributed by atoms with E-state index in [4.69, 9.17) is 9.47 Å². The average molecular weight is 409 g/mol. The number of amides is 1. The highest BCUT2D eigenvalue weighted by Gasteiger charge is 2.25. The summed E-state index contributed by atoms with van der Waals surface area (Å²) in [6, 6.07) is 13.8. The Kier molecular flexibility index (Phi) is 6.37. The van der Waals surface area contributed by atoms with Crippen molar-refractivity contribution in [2.45, 2.75) is 39.3 Å². The van der Waals surface area contributed by atoms with Gasteiger partial charge < -0.3 is 25.4 Å². The molecule has 4 rings (SSSR count). The number of anilines is 1. The molecule has 3 N–H and O–H groups in total. The van der Waals surface area contributed by atoms with Crippen molar-refractivity contribution in [1.29, 1.82) is 0 Å². The second-order valence-electron chi connectivity index (χ2n) is 7.55. The zero-order chi connectivity index (χ0) is 20.8. The van der Waals surface area contributed by atoms with E-state index in [9.17, 15) is 4.79 Å². The molecule has 1 aliphatic carbocycles. The molecule has 0 bridgehead atoms. The van der Waals surface area contributed by atoms with E-state index in [0.29, 0.717) is 13.1 Å². The quantitative estimate of drug-likeness (QED) is 0.483. The number of carbonyl (C=O) groups is 1. The fourth-order valence-corrected chi connectivity index (χ4v) is 3.41. The Morgan fingerprint density at radius 2 is 1.93 bits per heavy atom. The van der Waals surface area contributed by atoms with Gasteiger partial charge in [0.25, 0.3) is 0 Å². The smallest absolute Gasteiger partial charge is 0.231 e. The number of carbonyl (C=O) groups excluding carboxylic acids is 1. The van der Waals surface area contributed by atoms with Gasteiger partial charge in [-0.05, 0) is 55.2 Å². The van der Waals surface area contributed by atoms with Crippen molar-refractivity contribution in [2.75, 3.05) is 18.7 Å². The Bertz CT molecular complexity index is 924. The van der Waals surface area contributed by atoms with E-state index in [-0.39, 0.29) is 18.6 Å². The maximum atomic E-state index is 12.2. The van der Waals surface area contributed by atoms with Gasteiger partial charge in [-0.2, -0.15) is 0 Å². The number of aliphatic imine (C=N–C) groups is 1. The highest BCUT2D eigenvalue weighted by atomic mass is 16.7. The van der Waals surface area contributed by atoms with Crippen LogP contribution in [0, 0.1) is 5.92 Å². The zero-order valence-corrected chi connectivity index (χ0v) is 17.2. The number of hydrogen-bond acceptors (Lipinski definition) is 4. The highest BCUT2D eigenvalue weighted by molar-refractivity contribution is 5.93. The van der Waals surface area contributed by atoms with Crippen LogP contribution in [0.15, 0.2) is 47.5 Å². The van der Waals surface area contributed by atoms with Crippen LogP contribution in [0.4, 0.5) is 5.69 Å². The summed E-state index contributed by atoms with van der Waals surface area (Å²) in [7, 11) is 0. The van der Waals surface area contributed by atoms with Gasteiger partial charge in [0, 0.05) is 24.7 Å². The average Bonchev–Trinajstić information content (AvgIpc) is 3.17. The van der Waals surface area contributed by atoms with Crippen LogP contribution < -0.4 is 25.4 Å². The largest absolute Gasteiger partial charge is 0.454 e. The molecule has 0 spiro atoms. The van der Waals surface area contributed by atoms with Crippen molar-refractivity contribution in [3.05, 3.63) is 53.6 Å². The third kappa shape index (κ3) is 5.03. The van der Waals surface area contributed by atoms with E-state index in [1.165, 1.54) is 0 Å². The molecule has 1 heterocycles. The van der Waals surface area contributed by atoms with Crippen LogP contribution in [-0.2, 0) is 17.9 Å². The SMILES string of the molecule is CCNC(=NCc1cccc(NC(=O)C2CCC2)c1)NCc1ccc2c(c1)OCO2. The summed E-state index contributed by atoms with van der Waals surface area (Å²) in [5, 5.41) is 9.64. The molecule has 0 atom stereocenters. The monoisotopic (exact) mass is 408 g/mol. The minimum absolute atomic E-state index is 0.126. The van der Waals surface area contributed by atoms with Crippen molar-refractivity contribution in [2.24, 2.45) is 10.9 Å². The van der Waals surface area contributed by atoms with Gasteiger partial charge in [-0.1, -0.05) is 24.6 Å². The third-order valence-corrected chi connectivity index (χ3v) is 5.33. The molecule has 1 amide bonds. The van der Waals surface area contributed by atoms with Gasteiger partial charge in [-0.3, -0.25) is 4.79 Å². The first-order valence-electron chi connectivity index (χ1n) is 10.5. The number of nitrogens with zero attached hydrogens (tertiary/aromatic N) is 1. The lowest BCUT2D eigenvalue weighted by Crippen LogP contribution is -2.36. The molecule has 1 aliphatic heterocycles. The molecule has 0 radical (unpaired) electrons. The van der Waals surface area contributed by atoms with Crippen molar-refractivity contribution >= 4 is 17.6 Å². The summed E-state index contributed by atoms with van der Waals surface area (Å²) in [5.41, 5.74) is 2.96. The van der Waals surface area contributed by atoms with E-state index in [0.717, 1.165) is 60.1 Å². The van der Waals surface area contributed by atoms with E-state index < -0.39 is 0 Å². The molecule has 1 saturated carbocycles. The Morgan fingerprint density at radius 3 is 2.73 bits per heavy atom. The molecule has 30 heavy (non-hydrogen) atoms. The minimum atomic E-state index is 0.126. The number of guanidine groups is 1. The third-order valence-electron chi connectivity index (χ3n) is 5.33. The van der Waals surface area contributed by atoms with Crippen LogP contribution in [0.1, 0.15) is 37.3 Å². The number of hydrogen-bond donors (Lipinski definition) is 3. The molecule has 1 fully saturated rings. The number of nitrogens with one attached hydrogen (secondary N) is 3. The number of benzene rings is 2. The molecule has 2 aromatic rings. The second kappa shape index (κ2) is 9.52. The predicted octanol–water partition coefficient (Wildman–Crippen LogP) is 3.41. The fraction of sp³-hybridized carbons (Fsp3) is 0.391. The summed E-state index contributed by atoms with van der Waals surface area (Å²) in [6.07, 6.45) is 3.15. The lowest BCUT2D eigenvalue weighted by molar-refractivity contribution is -0.122. The lowest BCUT2D eigenvalue weighted by Gasteiger charge is -2.24. The molecule has 7 nitrogen and oxygen atoms in total. The first-order valence-corrected chi connectivity index (χ1v) is 10.5. The fourth-order valence-electron chi connectivity index (χ4n) is 3.41. The Morgan fingerprint density at radius 1 is 1.07 bits per heavy atom. The molecule has 0 saturated heterocycles. The standard InChI is InChI=1S/C23H28N4O3/c1-2-24-23(26-14-17-9-10-20-21(12-17)30-15-29-20)25-13-16-5-3-8-19(11-16)27-22(28)18-6-4-7-18/h3,5,8-12,18H,2,4,6-7,13-15H2,1H3,(H,27,28)(H2,24,25,26). The number of ether oxygens (including phenoxy) is 2. The van der Waals surface area contributed by atoms with Crippen molar-refractivity contribution in [3.8, 4) is 11.5 Å². The van der Waals surface area contributed by atoms with Gasteiger partial charge in [-0.15, -0.1) is 0 Å². The van der Waals surface area contributed by atoms with E-state index in [1.807, 2.05) is 49.4 Å². The molecular weight excluding hydrogens is 380 g/mol. The molecular formula is C23H28N4O3. The highest BCUT2D eigenvalue weighted by Crippen LogP contribution is 2.32. The van der Waals surface area contributed by atoms with E-state index >= 15 is 0 Å². The van der Waals surface area contributed by atoms with Crippen molar-refractivity contribution in [1.82, 2.24) is 10.6 Å². The number of fused-ring (bicyclic) bond motifs is 1. The molecule has 7 heteroatoms. The zero-order valence-electron chi connectivity index (χ0n) is 17.2. The van der Waals surface area contributed by atoms with Crippen LogP contribution in [0.25, 0.3) is 0 Å². The normalized spacial score (nSPS) is 15.4. The van der Waals surface area contributed by atoms with Crippen molar-refractivity contribution in [3.63, 3.8) is 0 Å². The van der Waals surface area contributed by atoms with Crippen LogP contribution in [0.5, 0.6) is 11.5 Å². The van der Waals surface area contributed by atoms with Gasteiger partial charge >= 0.3 is 0 Å². The molecule has 0 unspecified atom stereocenters. The summed E-state index contributed by atoms with van der Waals surface area (Å²) < 4.78 is 10.8. The molecule has 0 aromatic heterocycles. The van der Waals surface area contributed by atoms with E-state index in [2.05, 4.69) is 20.9 Å². The van der Waals surface area contributed by atoms with Gasteiger partial charge in [0.2, 0.25) is 12.7 Å². The van der Waals surface area contributed by atoms with Crippen molar-refractivity contribution < 1.29 is 14.3 Å². The first kappa shape index (κ1) is 20.1. The van der Waals surface area contributed by atoms with Gasteiger partial charge in [0.15, 0.2) is 17.5 Å². The second-order valence-corrected chi connectivity index (χ2v) is 7.55. The summed E-state index contributed by atoms with van der Waals surface area (Å²) in [6.45, 7) is 4.22. The topological polar surface area (TPSA) is 84.0 Å². The predicted molar refractivity (Wildman–Crippen MR) is 117 cm³/mol. The minimum Gasteiger partial charge on any atom is -0.454 e. The lowest BCUT2D eigenvalue weighted by atomic mass is 9.85. The summed E-state index contributed by atoms with van der Waals surface area (Å²) in [5.74, 6) is 2.59. The Labute approximate surface area is 176 Å². The summed E-state index contributed by atoms with van der Waals surface area (Å²) in [4.78, 5) is 16.9.